The van der Waals surface area contributed by atoms with E-state index in [0.29, 0.717) is 0 Å². The van der Waals surface area contributed by atoms with Gasteiger partial charge in [0.1, 0.15) is 0 Å². The molecule has 3 rings (SSSR count). The summed E-state index contributed by atoms with van der Waals surface area (Å²) in [5.41, 5.74) is 1.28. The number of benzene rings is 2. The van der Waals surface area contributed by atoms with Gasteiger partial charge in [0.2, 0.25) is 0 Å². The average molecular weight is 267 g/mol. The second-order valence-corrected chi connectivity index (χ2v) is 5.73. The second-order valence-electron chi connectivity index (χ2n) is 4.65. The van der Waals surface area contributed by atoms with Gasteiger partial charge in [-0.15, -0.1) is 11.3 Å². The normalized spacial score (nSPS) is 11.8. The Bertz CT molecular complexity index is 724. The quantitative estimate of drug-likeness (QED) is 0.677. The van der Waals surface area contributed by atoms with E-state index in [-0.39, 0.29) is 0 Å². The van der Waals surface area contributed by atoms with Crippen molar-refractivity contribution in [2.75, 3.05) is 13.6 Å². The van der Waals surface area contributed by atoms with Crippen LogP contribution in [0.1, 0.15) is 12.0 Å². The van der Waals surface area contributed by atoms with Crippen LogP contribution < -0.4 is 5.32 Å². The summed E-state index contributed by atoms with van der Waals surface area (Å²) in [4.78, 5) is 0. The maximum Gasteiger partial charge on any atom is 0.0355 e. The Labute approximate surface area is 117 Å². The molecule has 0 aliphatic heterocycles. The van der Waals surface area contributed by atoms with Gasteiger partial charge < -0.3 is 5.32 Å². The first-order chi connectivity index (χ1) is 9.38. The van der Waals surface area contributed by atoms with Gasteiger partial charge in [0.25, 0.3) is 0 Å². The van der Waals surface area contributed by atoms with E-state index in [1.54, 1.807) is 0 Å². The molecule has 0 saturated heterocycles. The molecule has 0 unspecified atom stereocenters. The Kier molecular flexibility index (Phi) is 3.62. The molecular weight excluding hydrogens is 250 g/mol. The third-order valence-electron chi connectivity index (χ3n) is 3.27. The zero-order chi connectivity index (χ0) is 13.1. The maximum atomic E-state index is 3.15. The van der Waals surface area contributed by atoms with Crippen molar-refractivity contribution < 1.29 is 0 Å². The minimum atomic E-state index is 1.03. The van der Waals surface area contributed by atoms with Crippen LogP contribution in [0.2, 0.25) is 0 Å². The highest BCUT2D eigenvalue weighted by molar-refractivity contribution is 7.25. The summed E-state index contributed by atoms with van der Waals surface area (Å²) in [6, 6.07) is 15.4. The molecule has 3 aromatic rings. The van der Waals surface area contributed by atoms with Crippen LogP contribution in [0, 0.1) is 0 Å². The molecule has 19 heavy (non-hydrogen) atoms. The van der Waals surface area contributed by atoms with Crippen molar-refractivity contribution in [3.8, 4) is 0 Å². The number of hydrogen-bond donors (Lipinski definition) is 1. The molecule has 1 N–H and O–H groups in total. The zero-order valence-corrected chi connectivity index (χ0v) is 11.8. The van der Waals surface area contributed by atoms with Crippen LogP contribution in [0.15, 0.2) is 48.5 Å². The number of fused-ring (bicyclic) bond motifs is 3. The summed E-state index contributed by atoms with van der Waals surface area (Å²) in [6.07, 6.45) is 5.51. The fraction of sp³-hybridized carbons (Fsp3) is 0.176. The van der Waals surface area contributed by atoms with Gasteiger partial charge in [0.15, 0.2) is 0 Å². The van der Waals surface area contributed by atoms with Crippen LogP contribution in [-0.4, -0.2) is 13.6 Å². The number of hydrogen-bond acceptors (Lipinski definition) is 2. The highest BCUT2D eigenvalue weighted by Crippen LogP contribution is 2.34. The lowest BCUT2D eigenvalue weighted by Gasteiger charge is -1.96. The third-order valence-corrected chi connectivity index (χ3v) is 4.42. The molecule has 0 bridgehead atoms. The molecule has 1 heterocycles. The first-order valence-corrected chi connectivity index (χ1v) is 7.42. The van der Waals surface area contributed by atoms with Gasteiger partial charge in [-0.1, -0.05) is 36.4 Å². The standard InChI is InChI=1S/C17H17NS/c1-18-11-5-4-6-13-9-10-17-15(12-13)14-7-2-3-8-16(14)19-17/h2-4,6-10,12,18H,5,11H2,1H3. The lowest BCUT2D eigenvalue weighted by molar-refractivity contribution is 0.809. The maximum absolute atomic E-state index is 3.15. The van der Waals surface area contributed by atoms with Crippen molar-refractivity contribution in [1.29, 1.82) is 0 Å². The van der Waals surface area contributed by atoms with E-state index < -0.39 is 0 Å². The minimum absolute atomic E-state index is 1.03. The Balaban J connectivity index is 1.99. The molecular formula is C17H17NS. The number of nitrogens with one attached hydrogen (secondary N) is 1. The van der Waals surface area contributed by atoms with Gasteiger partial charge in [0.05, 0.1) is 0 Å². The summed E-state index contributed by atoms with van der Waals surface area (Å²) >= 11 is 1.87. The second kappa shape index (κ2) is 5.55. The monoisotopic (exact) mass is 267 g/mol. The Hall–Kier alpha value is -1.64. The predicted octanol–water partition coefficient (Wildman–Crippen LogP) is 4.68. The lowest BCUT2D eigenvalue weighted by Crippen LogP contribution is -2.05. The topological polar surface area (TPSA) is 12.0 Å². The molecule has 2 aromatic carbocycles. The van der Waals surface area contributed by atoms with E-state index in [1.165, 1.54) is 25.7 Å². The summed E-state index contributed by atoms with van der Waals surface area (Å²) in [5, 5.41) is 5.89. The molecule has 1 aromatic heterocycles. The van der Waals surface area contributed by atoms with Crippen LogP contribution in [0.4, 0.5) is 0 Å². The minimum Gasteiger partial charge on any atom is -0.319 e. The molecule has 0 aliphatic rings. The van der Waals surface area contributed by atoms with E-state index in [1.807, 2.05) is 18.4 Å². The highest BCUT2D eigenvalue weighted by atomic mass is 32.1. The molecule has 0 radical (unpaired) electrons. The van der Waals surface area contributed by atoms with Crippen LogP contribution >= 0.6 is 11.3 Å². The SMILES string of the molecule is CNCCC=Cc1ccc2sc3ccccc3c2c1. The van der Waals surface area contributed by atoms with E-state index in [9.17, 15) is 0 Å². The highest BCUT2D eigenvalue weighted by Gasteiger charge is 2.03. The molecule has 0 fully saturated rings. The summed E-state index contributed by atoms with van der Waals surface area (Å²) < 4.78 is 2.74. The number of rotatable bonds is 4. The smallest absolute Gasteiger partial charge is 0.0355 e. The van der Waals surface area contributed by atoms with Gasteiger partial charge in [-0.05, 0) is 43.8 Å². The molecule has 0 amide bonds. The first-order valence-electron chi connectivity index (χ1n) is 6.61. The van der Waals surface area contributed by atoms with Gasteiger partial charge in [-0.3, -0.25) is 0 Å². The van der Waals surface area contributed by atoms with Crippen molar-refractivity contribution in [2.45, 2.75) is 6.42 Å². The largest absolute Gasteiger partial charge is 0.319 e. The van der Waals surface area contributed by atoms with Crippen LogP contribution in [0.5, 0.6) is 0 Å². The van der Waals surface area contributed by atoms with Gasteiger partial charge in [-0.25, -0.2) is 0 Å². The molecule has 0 atom stereocenters. The third kappa shape index (κ3) is 2.55. The Morgan fingerprint density at radius 3 is 2.79 bits per heavy atom. The van der Waals surface area contributed by atoms with E-state index in [2.05, 4.69) is 59.9 Å². The van der Waals surface area contributed by atoms with Gasteiger partial charge in [-0.2, -0.15) is 0 Å². The molecule has 96 valence electrons. The van der Waals surface area contributed by atoms with E-state index >= 15 is 0 Å². The number of thiophene rings is 1. The van der Waals surface area contributed by atoms with Crippen LogP contribution in [0.3, 0.4) is 0 Å². The summed E-state index contributed by atoms with van der Waals surface area (Å²) in [5.74, 6) is 0. The van der Waals surface area contributed by atoms with Crippen LogP contribution in [-0.2, 0) is 0 Å². The average Bonchev–Trinajstić information content (AvgIpc) is 2.82. The molecule has 1 nitrogen and oxygen atoms in total. The Morgan fingerprint density at radius 1 is 1.05 bits per heavy atom. The van der Waals surface area contributed by atoms with Crippen molar-refractivity contribution in [3.63, 3.8) is 0 Å². The Morgan fingerprint density at radius 2 is 1.89 bits per heavy atom. The molecule has 0 spiro atoms. The van der Waals surface area contributed by atoms with E-state index in [4.69, 9.17) is 0 Å². The van der Waals surface area contributed by atoms with Gasteiger partial charge in [0, 0.05) is 20.2 Å². The molecule has 2 heteroatoms. The predicted molar refractivity (Wildman–Crippen MR) is 86.9 cm³/mol. The molecule has 0 saturated carbocycles. The zero-order valence-electron chi connectivity index (χ0n) is 11.0. The van der Waals surface area contributed by atoms with Crippen molar-refractivity contribution in [3.05, 3.63) is 54.1 Å². The fourth-order valence-corrected chi connectivity index (χ4v) is 3.38. The van der Waals surface area contributed by atoms with Crippen LogP contribution in [0.25, 0.3) is 26.2 Å². The van der Waals surface area contributed by atoms with Crippen molar-refractivity contribution in [2.24, 2.45) is 0 Å². The van der Waals surface area contributed by atoms with E-state index in [0.717, 1.165) is 13.0 Å². The molecule has 0 aliphatic carbocycles. The van der Waals surface area contributed by atoms with Crippen molar-refractivity contribution >= 4 is 37.6 Å². The lowest BCUT2D eigenvalue weighted by atomic mass is 10.1. The fourth-order valence-electron chi connectivity index (χ4n) is 2.29. The first kappa shape index (κ1) is 12.4. The summed E-state index contributed by atoms with van der Waals surface area (Å²) in [7, 11) is 1.98. The summed E-state index contributed by atoms with van der Waals surface area (Å²) in [6.45, 7) is 1.03. The van der Waals surface area contributed by atoms with Gasteiger partial charge >= 0.3 is 0 Å². The van der Waals surface area contributed by atoms with Crippen molar-refractivity contribution in [1.82, 2.24) is 5.32 Å².